The van der Waals surface area contributed by atoms with Crippen LogP contribution in [0.3, 0.4) is 0 Å². The molecule has 1 heterocycles. The zero-order valence-corrected chi connectivity index (χ0v) is 9.45. The SMILES string of the molecule is C/C1=C/C(=O)Nc2cccc3cccc(c23)N1. The quantitative estimate of drug-likeness (QED) is 0.722. The molecule has 3 rings (SSSR count). The highest BCUT2D eigenvalue weighted by atomic mass is 16.1. The van der Waals surface area contributed by atoms with Gasteiger partial charge in [-0.3, -0.25) is 4.79 Å². The van der Waals surface area contributed by atoms with Crippen molar-refractivity contribution in [2.75, 3.05) is 10.6 Å². The number of hydrogen-bond donors (Lipinski definition) is 2. The van der Waals surface area contributed by atoms with Crippen LogP contribution in [0.2, 0.25) is 0 Å². The molecular weight excluding hydrogens is 212 g/mol. The van der Waals surface area contributed by atoms with E-state index in [9.17, 15) is 4.79 Å². The van der Waals surface area contributed by atoms with Crippen molar-refractivity contribution in [2.45, 2.75) is 6.92 Å². The Balaban J connectivity index is 2.34. The molecule has 1 aliphatic rings. The van der Waals surface area contributed by atoms with Gasteiger partial charge in [-0.25, -0.2) is 0 Å². The van der Waals surface area contributed by atoms with Crippen LogP contribution in [0.4, 0.5) is 11.4 Å². The van der Waals surface area contributed by atoms with E-state index in [1.165, 1.54) is 0 Å². The molecule has 1 aliphatic heterocycles. The average Bonchev–Trinajstić information content (AvgIpc) is 2.27. The molecule has 3 heteroatoms. The van der Waals surface area contributed by atoms with Gasteiger partial charge < -0.3 is 10.6 Å². The van der Waals surface area contributed by atoms with Gasteiger partial charge in [0.05, 0.1) is 5.69 Å². The predicted molar refractivity (Wildman–Crippen MR) is 70.0 cm³/mol. The molecule has 0 saturated heterocycles. The lowest BCUT2D eigenvalue weighted by atomic mass is 10.1. The van der Waals surface area contributed by atoms with Gasteiger partial charge in [0, 0.05) is 22.8 Å². The second-order valence-corrected chi connectivity index (χ2v) is 4.15. The molecular formula is C14H12N2O. The lowest BCUT2D eigenvalue weighted by molar-refractivity contribution is -0.111. The third-order valence-corrected chi connectivity index (χ3v) is 2.84. The number of nitrogens with one attached hydrogen (secondary N) is 2. The third-order valence-electron chi connectivity index (χ3n) is 2.84. The Morgan fingerprint density at radius 1 is 0.941 bits per heavy atom. The molecule has 3 nitrogen and oxygen atoms in total. The first-order valence-electron chi connectivity index (χ1n) is 5.52. The first kappa shape index (κ1) is 9.90. The molecule has 0 aromatic heterocycles. The van der Waals surface area contributed by atoms with Crippen LogP contribution in [0.1, 0.15) is 6.92 Å². The fourth-order valence-electron chi connectivity index (χ4n) is 2.16. The van der Waals surface area contributed by atoms with E-state index in [2.05, 4.69) is 10.6 Å². The number of carbonyl (C=O) groups is 1. The largest absolute Gasteiger partial charge is 0.358 e. The zero-order chi connectivity index (χ0) is 11.8. The van der Waals surface area contributed by atoms with E-state index in [-0.39, 0.29) is 5.91 Å². The van der Waals surface area contributed by atoms with Gasteiger partial charge in [-0.2, -0.15) is 0 Å². The molecule has 0 unspecified atom stereocenters. The minimum atomic E-state index is -0.1000. The van der Waals surface area contributed by atoms with Crippen molar-refractivity contribution in [3.63, 3.8) is 0 Å². The van der Waals surface area contributed by atoms with E-state index >= 15 is 0 Å². The number of hydrogen-bond acceptors (Lipinski definition) is 2. The molecule has 84 valence electrons. The fraction of sp³-hybridized carbons (Fsp3) is 0.0714. The normalized spacial score (nSPS) is 17.5. The highest BCUT2D eigenvalue weighted by Gasteiger charge is 2.11. The maximum Gasteiger partial charge on any atom is 0.250 e. The smallest absolute Gasteiger partial charge is 0.250 e. The minimum Gasteiger partial charge on any atom is -0.358 e. The van der Waals surface area contributed by atoms with Gasteiger partial charge in [-0.1, -0.05) is 24.3 Å². The van der Waals surface area contributed by atoms with Gasteiger partial charge in [-0.15, -0.1) is 0 Å². The van der Waals surface area contributed by atoms with Crippen molar-refractivity contribution in [2.24, 2.45) is 0 Å². The maximum absolute atomic E-state index is 11.7. The Morgan fingerprint density at radius 2 is 1.59 bits per heavy atom. The monoisotopic (exact) mass is 224 g/mol. The molecule has 0 spiro atoms. The summed E-state index contributed by atoms with van der Waals surface area (Å²) in [5.74, 6) is -0.1000. The number of amides is 1. The molecule has 0 atom stereocenters. The van der Waals surface area contributed by atoms with Crippen LogP contribution < -0.4 is 10.6 Å². The summed E-state index contributed by atoms with van der Waals surface area (Å²) >= 11 is 0. The summed E-state index contributed by atoms with van der Waals surface area (Å²) in [5, 5.41) is 8.32. The standard InChI is InChI=1S/C14H12N2O/c1-9-8-13(17)16-12-7-3-5-10-4-2-6-11(15-9)14(10)12/h2-8,15H,1H3,(H,16,17)/b9-8-. The van der Waals surface area contributed by atoms with Crippen molar-refractivity contribution in [3.05, 3.63) is 48.2 Å². The molecule has 0 aliphatic carbocycles. The van der Waals surface area contributed by atoms with Crippen LogP contribution in [0.5, 0.6) is 0 Å². The van der Waals surface area contributed by atoms with Crippen LogP contribution >= 0.6 is 0 Å². The summed E-state index contributed by atoms with van der Waals surface area (Å²) in [6.07, 6.45) is 1.56. The van der Waals surface area contributed by atoms with Gasteiger partial charge in [0.25, 0.3) is 0 Å². The molecule has 2 N–H and O–H groups in total. The van der Waals surface area contributed by atoms with E-state index in [1.54, 1.807) is 6.08 Å². The Morgan fingerprint density at radius 3 is 2.29 bits per heavy atom. The second kappa shape index (κ2) is 3.63. The zero-order valence-electron chi connectivity index (χ0n) is 9.45. The molecule has 0 fully saturated rings. The topological polar surface area (TPSA) is 41.1 Å². The van der Waals surface area contributed by atoms with Gasteiger partial charge in [0.15, 0.2) is 0 Å². The van der Waals surface area contributed by atoms with E-state index in [0.29, 0.717) is 0 Å². The minimum absolute atomic E-state index is 0.1000. The summed E-state index contributed by atoms with van der Waals surface area (Å²) in [6.45, 7) is 1.88. The number of carbonyl (C=O) groups excluding carboxylic acids is 1. The lowest BCUT2D eigenvalue weighted by Crippen LogP contribution is -2.13. The van der Waals surface area contributed by atoms with Crippen LogP contribution in [-0.4, -0.2) is 5.91 Å². The molecule has 17 heavy (non-hydrogen) atoms. The van der Waals surface area contributed by atoms with E-state index in [0.717, 1.165) is 27.8 Å². The van der Waals surface area contributed by atoms with Crippen LogP contribution in [-0.2, 0) is 4.79 Å². The van der Waals surface area contributed by atoms with E-state index < -0.39 is 0 Å². The molecule has 2 aromatic carbocycles. The maximum atomic E-state index is 11.7. The summed E-state index contributed by atoms with van der Waals surface area (Å²) < 4.78 is 0. The van der Waals surface area contributed by atoms with Gasteiger partial charge in [-0.05, 0) is 24.4 Å². The fourth-order valence-corrected chi connectivity index (χ4v) is 2.16. The molecule has 0 saturated carbocycles. The summed E-state index contributed by atoms with van der Waals surface area (Å²) in [6, 6.07) is 12.0. The number of anilines is 2. The number of rotatable bonds is 0. The van der Waals surface area contributed by atoms with E-state index in [1.807, 2.05) is 43.3 Å². The van der Waals surface area contributed by atoms with E-state index in [4.69, 9.17) is 0 Å². The average molecular weight is 224 g/mol. The van der Waals surface area contributed by atoms with Crippen molar-refractivity contribution in [1.29, 1.82) is 0 Å². The van der Waals surface area contributed by atoms with Crippen molar-refractivity contribution in [3.8, 4) is 0 Å². The van der Waals surface area contributed by atoms with Crippen LogP contribution in [0.25, 0.3) is 10.8 Å². The molecule has 2 aromatic rings. The Kier molecular flexibility index (Phi) is 2.11. The third kappa shape index (κ3) is 1.65. The van der Waals surface area contributed by atoms with Crippen molar-refractivity contribution in [1.82, 2.24) is 0 Å². The first-order chi connectivity index (χ1) is 8.24. The number of benzene rings is 2. The highest BCUT2D eigenvalue weighted by Crippen LogP contribution is 2.32. The van der Waals surface area contributed by atoms with Gasteiger partial charge >= 0.3 is 0 Å². The molecule has 0 radical (unpaired) electrons. The van der Waals surface area contributed by atoms with Crippen LogP contribution in [0, 0.1) is 0 Å². The van der Waals surface area contributed by atoms with Crippen LogP contribution in [0.15, 0.2) is 48.2 Å². The highest BCUT2D eigenvalue weighted by molar-refractivity contribution is 6.11. The molecule has 1 amide bonds. The first-order valence-corrected chi connectivity index (χ1v) is 5.52. The van der Waals surface area contributed by atoms with Gasteiger partial charge in [0.2, 0.25) is 5.91 Å². The Hall–Kier alpha value is -2.29. The second-order valence-electron chi connectivity index (χ2n) is 4.15. The lowest BCUT2D eigenvalue weighted by Gasteiger charge is -2.16. The Bertz CT molecular complexity index is 638. The van der Waals surface area contributed by atoms with Crippen molar-refractivity contribution < 1.29 is 4.79 Å². The van der Waals surface area contributed by atoms with Gasteiger partial charge in [0.1, 0.15) is 0 Å². The predicted octanol–water partition coefficient (Wildman–Crippen LogP) is 3.11. The summed E-state index contributed by atoms with van der Waals surface area (Å²) in [7, 11) is 0. The molecule has 0 bridgehead atoms. The summed E-state index contributed by atoms with van der Waals surface area (Å²) in [4.78, 5) is 11.7. The Labute approximate surface area is 99.1 Å². The summed E-state index contributed by atoms with van der Waals surface area (Å²) in [5.41, 5.74) is 2.70. The van der Waals surface area contributed by atoms with Crippen molar-refractivity contribution >= 4 is 28.1 Å². The number of allylic oxidation sites excluding steroid dienone is 1.